The van der Waals surface area contributed by atoms with Crippen LogP contribution in [0.2, 0.25) is 0 Å². The third-order valence-electron chi connectivity index (χ3n) is 7.30. The molecule has 0 bridgehead atoms. The van der Waals surface area contributed by atoms with Crippen LogP contribution in [0.3, 0.4) is 0 Å². The number of para-hydroxylation sites is 1. The molecule has 4 aromatic rings. The molecule has 2 N–H and O–H groups in total. The predicted octanol–water partition coefficient (Wildman–Crippen LogP) is 6.05. The second-order valence-electron chi connectivity index (χ2n) is 9.95. The molecule has 1 fully saturated rings. The van der Waals surface area contributed by atoms with Gasteiger partial charge in [-0.15, -0.1) is 0 Å². The average Bonchev–Trinajstić information content (AvgIpc) is 3.67. The lowest BCUT2D eigenvalue weighted by Gasteiger charge is -2.28. The van der Waals surface area contributed by atoms with E-state index in [4.69, 9.17) is 0 Å². The van der Waals surface area contributed by atoms with Crippen LogP contribution in [0.25, 0.3) is 10.9 Å². The fraction of sp³-hybridized carbons (Fsp3) is 0.290. The standard InChI is InChI=1S/C31H34N4O2/c1-22-9-8-14-28(23(22)2)33-31(37)35(26-15-16-26)21-30(36)34(20-24-10-4-3-5-11-24)18-17-25-19-32-29-13-7-6-12-27(25)29/h3-14,19,26,32H,15-18,20-21H2,1-2H3,(H,33,37). The summed E-state index contributed by atoms with van der Waals surface area (Å²) in [5, 5.41) is 4.24. The molecule has 1 aliphatic rings. The molecule has 3 aromatic carbocycles. The molecular formula is C31H34N4O2. The Morgan fingerprint density at radius 1 is 0.946 bits per heavy atom. The van der Waals surface area contributed by atoms with Crippen LogP contribution < -0.4 is 5.32 Å². The van der Waals surface area contributed by atoms with E-state index in [1.165, 1.54) is 10.9 Å². The van der Waals surface area contributed by atoms with Crippen molar-refractivity contribution in [3.63, 3.8) is 0 Å². The molecule has 37 heavy (non-hydrogen) atoms. The summed E-state index contributed by atoms with van der Waals surface area (Å²) in [4.78, 5) is 33.9. The highest BCUT2D eigenvalue weighted by atomic mass is 16.2. The minimum atomic E-state index is -0.208. The number of anilines is 1. The number of carbonyl (C=O) groups is 2. The molecule has 3 amide bonds. The van der Waals surface area contributed by atoms with Crippen LogP contribution in [-0.4, -0.2) is 45.9 Å². The Morgan fingerprint density at radius 3 is 2.49 bits per heavy atom. The maximum absolute atomic E-state index is 13.7. The van der Waals surface area contributed by atoms with Crippen molar-refractivity contribution in [1.82, 2.24) is 14.8 Å². The number of nitrogens with zero attached hydrogens (tertiary/aromatic N) is 2. The van der Waals surface area contributed by atoms with Gasteiger partial charge in [0.25, 0.3) is 0 Å². The minimum Gasteiger partial charge on any atom is -0.361 e. The monoisotopic (exact) mass is 494 g/mol. The van der Waals surface area contributed by atoms with Crippen molar-refractivity contribution in [2.75, 3.05) is 18.4 Å². The third kappa shape index (κ3) is 5.85. The molecule has 6 heteroatoms. The Bertz CT molecular complexity index is 1390. The second kappa shape index (κ2) is 10.9. The first-order chi connectivity index (χ1) is 18.0. The van der Waals surface area contributed by atoms with Gasteiger partial charge in [0.05, 0.1) is 0 Å². The molecule has 0 saturated heterocycles. The molecule has 6 nitrogen and oxygen atoms in total. The Morgan fingerprint density at radius 2 is 1.70 bits per heavy atom. The minimum absolute atomic E-state index is 0.0355. The van der Waals surface area contributed by atoms with Gasteiger partial charge in [-0.2, -0.15) is 0 Å². The van der Waals surface area contributed by atoms with Crippen LogP contribution in [-0.2, 0) is 17.8 Å². The first-order valence-corrected chi connectivity index (χ1v) is 13.0. The van der Waals surface area contributed by atoms with Crippen molar-refractivity contribution in [3.05, 3.63) is 101 Å². The number of aromatic amines is 1. The van der Waals surface area contributed by atoms with E-state index in [0.29, 0.717) is 13.1 Å². The number of hydrogen-bond donors (Lipinski definition) is 2. The number of rotatable bonds is 9. The van der Waals surface area contributed by atoms with Gasteiger partial charge in [-0.1, -0.05) is 60.7 Å². The summed E-state index contributed by atoms with van der Waals surface area (Å²) >= 11 is 0. The van der Waals surface area contributed by atoms with Gasteiger partial charge in [0, 0.05) is 41.9 Å². The van der Waals surface area contributed by atoms with Gasteiger partial charge in [0.1, 0.15) is 6.54 Å². The molecule has 0 spiro atoms. The number of amides is 3. The number of aromatic nitrogens is 1. The lowest BCUT2D eigenvalue weighted by Crippen LogP contribution is -2.46. The van der Waals surface area contributed by atoms with Crippen LogP contribution in [0, 0.1) is 13.8 Å². The zero-order valence-corrected chi connectivity index (χ0v) is 21.5. The number of benzene rings is 3. The van der Waals surface area contributed by atoms with E-state index in [0.717, 1.165) is 47.2 Å². The average molecular weight is 495 g/mol. The molecule has 0 unspecified atom stereocenters. The number of urea groups is 1. The summed E-state index contributed by atoms with van der Waals surface area (Å²) in [6, 6.07) is 24.1. The van der Waals surface area contributed by atoms with E-state index in [2.05, 4.69) is 22.4 Å². The molecule has 190 valence electrons. The maximum Gasteiger partial charge on any atom is 0.322 e. The van der Waals surface area contributed by atoms with Gasteiger partial charge in [0.2, 0.25) is 5.91 Å². The number of aryl methyl sites for hydroxylation is 1. The summed E-state index contributed by atoms with van der Waals surface area (Å²) in [6.45, 7) is 5.19. The van der Waals surface area contributed by atoms with Crippen molar-refractivity contribution >= 4 is 28.5 Å². The summed E-state index contributed by atoms with van der Waals surface area (Å²) in [6.07, 6.45) is 4.63. The van der Waals surface area contributed by atoms with E-state index < -0.39 is 0 Å². The summed E-state index contributed by atoms with van der Waals surface area (Å²) in [5.74, 6) is -0.0355. The maximum atomic E-state index is 13.7. The highest BCUT2D eigenvalue weighted by Crippen LogP contribution is 2.28. The fourth-order valence-corrected chi connectivity index (χ4v) is 4.76. The van der Waals surface area contributed by atoms with Crippen molar-refractivity contribution < 1.29 is 9.59 Å². The van der Waals surface area contributed by atoms with E-state index in [1.807, 2.05) is 85.6 Å². The molecule has 1 heterocycles. The number of hydrogen-bond acceptors (Lipinski definition) is 2. The van der Waals surface area contributed by atoms with Crippen molar-refractivity contribution in [2.45, 2.75) is 45.7 Å². The second-order valence-corrected chi connectivity index (χ2v) is 9.95. The third-order valence-corrected chi connectivity index (χ3v) is 7.30. The molecular weight excluding hydrogens is 460 g/mol. The Kier molecular flexibility index (Phi) is 7.26. The zero-order valence-electron chi connectivity index (χ0n) is 21.5. The molecule has 0 radical (unpaired) electrons. The van der Waals surface area contributed by atoms with Crippen LogP contribution >= 0.6 is 0 Å². The summed E-state index contributed by atoms with van der Waals surface area (Å²) in [5.41, 5.74) is 6.33. The van der Waals surface area contributed by atoms with Crippen LogP contribution in [0.4, 0.5) is 10.5 Å². The highest BCUT2D eigenvalue weighted by molar-refractivity contribution is 5.93. The van der Waals surface area contributed by atoms with Gasteiger partial charge in [-0.3, -0.25) is 4.79 Å². The number of nitrogens with one attached hydrogen (secondary N) is 2. The van der Waals surface area contributed by atoms with Crippen LogP contribution in [0.15, 0.2) is 79.0 Å². The lowest BCUT2D eigenvalue weighted by molar-refractivity contribution is -0.132. The molecule has 1 saturated carbocycles. The summed E-state index contributed by atoms with van der Waals surface area (Å²) < 4.78 is 0. The van der Waals surface area contributed by atoms with Crippen molar-refractivity contribution in [3.8, 4) is 0 Å². The topological polar surface area (TPSA) is 68.4 Å². The SMILES string of the molecule is Cc1cccc(NC(=O)N(CC(=O)N(CCc2c[nH]c3ccccc23)Cc2ccccc2)C2CC2)c1C. The number of H-pyrrole nitrogens is 1. The van der Waals surface area contributed by atoms with Crippen molar-refractivity contribution in [1.29, 1.82) is 0 Å². The normalized spacial score (nSPS) is 12.9. The number of carbonyl (C=O) groups excluding carboxylic acids is 2. The van der Waals surface area contributed by atoms with E-state index in [-0.39, 0.29) is 24.5 Å². The Labute approximate surface area is 218 Å². The zero-order chi connectivity index (χ0) is 25.8. The van der Waals surface area contributed by atoms with Gasteiger partial charge in [-0.25, -0.2) is 4.79 Å². The number of fused-ring (bicyclic) bond motifs is 1. The summed E-state index contributed by atoms with van der Waals surface area (Å²) in [7, 11) is 0. The molecule has 0 atom stereocenters. The predicted molar refractivity (Wildman–Crippen MR) is 149 cm³/mol. The largest absolute Gasteiger partial charge is 0.361 e. The molecule has 5 rings (SSSR count). The quantitative estimate of drug-likeness (QED) is 0.297. The van der Waals surface area contributed by atoms with E-state index in [9.17, 15) is 9.59 Å². The van der Waals surface area contributed by atoms with E-state index in [1.54, 1.807) is 4.90 Å². The smallest absolute Gasteiger partial charge is 0.322 e. The van der Waals surface area contributed by atoms with Gasteiger partial charge < -0.3 is 20.1 Å². The first-order valence-electron chi connectivity index (χ1n) is 13.0. The van der Waals surface area contributed by atoms with Gasteiger partial charge in [0.15, 0.2) is 0 Å². The molecule has 1 aliphatic carbocycles. The van der Waals surface area contributed by atoms with Crippen LogP contribution in [0.1, 0.15) is 35.1 Å². The Balaban J connectivity index is 1.32. The fourth-order valence-electron chi connectivity index (χ4n) is 4.76. The van der Waals surface area contributed by atoms with E-state index >= 15 is 0 Å². The van der Waals surface area contributed by atoms with Gasteiger partial charge >= 0.3 is 6.03 Å². The molecule has 0 aliphatic heterocycles. The van der Waals surface area contributed by atoms with Gasteiger partial charge in [-0.05, 0) is 67.5 Å². The van der Waals surface area contributed by atoms with Crippen LogP contribution in [0.5, 0.6) is 0 Å². The lowest BCUT2D eigenvalue weighted by atomic mass is 10.1. The first kappa shape index (κ1) is 24.6. The highest BCUT2D eigenvalue weighted by Gasteiger charge is 2.35. The molecule has 1 aromatic heterocycles. The Hall–Kier alpha value is -4.06. The van der Waals surface area contributed by atoms with Crippen molar-refractivity contribution in [2.24, 2.45) is 0 Å².